The Kier molecular flexibility index (Phi) is 7.45. The second kappa shape index (κ2) is 10.5. The molecule has 2 aromatic carbocycles. The van der Waals surface area contributed by atoms with E-state index in [0.717, 1.165) is 25.9 Å². The van der Waals surface area contributed by atoms with E-state index in [1.165, 1.54) is 11.3 Å². The van der Waals surface area contributed by atoms with Gasteiger partial charge in [0.05, 0.1) is 6.61 Å². The Morgan fingerprint density at radius 2 is 1.87 bits per heavy atom. The lowest BCUT2D eigenvalue weighted by molar-refractivity contribution is 0.322. The molecule has 0 amide bonds. The molecular weight excluding hydrogens is 378 g/mol. The molecule has 0 aliphatic carbocycles. The largest absolute Gasteiger partial charge is 0.507 e. The van der Waals surface area contributed by atoms with Crippen molar-refractivity contribution in [3.8, 4) is 22.8 Å². The molecule has 0 fully saturated rings. The monoisotopic (exact) mass is 407 g/mol. The van der Waals surface area contributed by atoms with Gasteiger partial charge in [0.1, 0.15) is 11.4 Å². The van der Waals surface area contributed by atoms with E-state index in [9.17, 15) is 5.11 Å². The third kappa shape index (κ3) is 5.61. The number of phenolic OH excluding ortho intramolecular Hbond substituents is 1. The second-order valence-electron chi connectivity index (χ2n) is 7.14. The van der Waals surface area contributed by atoms with Crippen LogP contribution in [0.1, 0.15) is 12.0 Å². The van der Waals surface area contributed by atoms with Gasteiger partial charge in [-0.1, -0.05) is 24.3 Å². The molecule has 0 aliphatic rings. The number of nitrogens with one attached hydrogen (secondary N) is 1. The van der Waals surface area contributed by atoms with E-state index in [0.29, 0.717) is 23.6 Å². The zero-order chi connectivity index (χ0) is 21.3. The van der Waals surface area contributed by atoms with Gasteiger partial charge in [0.15, 0.2) is 11.6 Å². The number of ether oxygens (including phenoxy) is 1. The van der Waals surface area contributed by atoms with Gasteiger partial charge >= 0.3 is 0 Å². The zero-order valence-electron chi connectivity index (χ0n) is 17.5. The molecule has 0 aliphatic heterocycles. The minimum absolute atomic E-state index is 0.138. The first-order valence-electron chi connectivity index (χ1n) is 10.1. The van der Waals surface area contributed by atoms with Gasteiger partial charge in [-0.05, 0) is 49.8 Å². The number of para-hydroxylation sites is 1. The van der Waals surface area contributed by atoms with Crippen LogP contribution in [0.5, 0.6) is 11.5 Å². The van der Waals surface area contributed by atoms with Crippen LogP contribution in [0.25, 0.3) is 11.3 Å². The maximum Gasteiger partial charge on any atom is 0.188 e. The number of hydrogen-bond acceptors (Lipinski definition) is 7. The Labute approximate surface area is 177 Å². The minimum atomic E-state index is 0.138. The Morgan fingerprint density at radius 1 is 1.10 bits per heavy atom. The summed E-state index contributed by atoms with van der Waals surface area (Å²) < 4.78 is 5.86. The molecule has 0 saturated heterocycles. The summed E-state index contributed by atoms with van der Waals surface area (Å²) in [6.07, 6.45) is 1.85. The lowest BCUT2D eigenvalue weighted by atomic mass is 10.1. The van der Waals surface area contributed by atoms with Crippen molar-refractivity contribution in [1.82, 2.24) is 15.5 Å². The van der Waals surface area contributed by atoms with E-state index < -0.39 is 0 Å². The highest BCUT2D eigenvalue weighted by molar-refractivity contribution is 5.68. The highest BCUT2D eigenvalue weighted by atomic mass is 16.5. The van der Waals surface area contributed by atoms with Gasteiger partial charge in [0, 0.05) is 37.3 Å². The van der Waals surface area contributed by atoms with Crippen molar-refractivity contribution in [3.63, 3.8) is 0 Å². The summed E-state index contributed by atoms with van der Waals surface area (Å²) in [5.41, 5.74) is 9.40. The molecule has 7 heteroatoms. The van der Waals surface area contributed by atoms with Crippen LogP contribution in [-0.2, 0) is 6.42 Å². The SMILES string of the molecule is CNCCCN(C)c1ccc(CCOc2cc(-c3ccccc3O)nnc2N)cc1. The van der Waals surface area contributed by atoms with Crippen molar-refractivity contribution in [2.24, 2.45) is 0 Å². The van der Waals surface area contributed by atoms with Crippen LogP contribution in [0.2, 0.25) is 0 Å². The van der Waals surface area contributed by atoms with Crippen LogP contribution < -0.4 is 20.7 Å². The molecule has 0 bridgehead atoms. The predicted octanol–water partition coefficient (Wildman–Crippen LogP) is 3.10. The molecule has 1 aromatic heterocycles. The number of rotatable bonds is 10. The second-order valence-corrected chi connectivity index (χ2v) is 7.14. The number of nitrogens with zero attached hydrogens (tertiary/aromatic N) is 3. The van der Waals surface area contributed by atoms with Crippen LogP contribution in [0.3, 0.4) is 0 Å². The molecular formula is C23H29N5O2. The Balaban J connectivity index is 1.57. The molecule has 0 saturated carbocycles. The van der Waals surface area contributed by atoms with Crippen LogP contribution in [-0.4, -0.2) is 49.1 Å². The highest BCUT2D eigenvalue weighted by Gasteiger charge is 2.10. The van der Waals surface area contributed by atoms with Crippen LogP contribution in [0.4, 0.5) is 11.5 Å². The normalized spacial score (nSPS) is 10.7. The first-order valence-corrected chi connectivity index (χ1v) is 10.1. The number of hydrogen-bond donors (Lipinski definition) is 3. The van der Waals surface area contributed by atoms with Gasteiger partial charge in [-0.15, -0.1) is 10.2 Å². The topological polar surface area (TPSA) is 96.5 Å². The summed E-state index contributed by atoms with van der Waals surface area (Å²) in [6, 6.07) is 17.2. The van der Waals surface area contributed by atoms with Crippen molar-refractivity contribution in [2.45, 2.75) is 12.8 Å². The van der Waals surface area contributed by atoms with E-state index in [4.69, 9.17) is 10.5 Å². The average Bonchev–Trinajstić information content (AvgIpc) is 2.76. The first kappa shape index (κ1) is 21.4. The Bertz CT molecular complexity index is 947. The van der Waals surface area contributed by atoms with Crippen molar-refractivity contribution >= 4 is 11.5 Å². The summed E-state index contributed by atoms with van der Waals surface area (Å²) in [5.74, 6) is 0.829. The molecule has 0 unspecified atom stereocenters. The van der Waals surface area contributed by atoms with Crippen LogP contribution in [0.15, 0.2) is 54.6 Å². The lowest BCUT2D eigenvalue weighted by Gasteiger charge is -2.19. The van der Waals surface area contributed by atoms with E-state index in [1.54, 1.807) is 24.3 Å². The molecule has 7 nitrogen and oxygen atoms in total. The summed E-state index contributed by atoms with van der Waals surface area (Å²) in [6.45, 7) is 2.49. The molecule has 158 valence electrons. The van der Waals surface area contributed by atoms with Crippen LogP contribution >= 0.6 is 0 Å². The standard InChI is InChI=1S/C23H29N5O2/c1-25-13-5-14-28(2)18-10-8-17(9-11-18)12-15-30-22-16-20(26-27-23(22)24)19-6-3-4-7-21(19)29/h3-4,6-11,16,25,29H,5,12-15H2,1-2H3,(H2,24,27). The van der Waals surface area contributed by atoms with E-state index in [1.807, 2.05) is 13.1 Å². The van der Waals surface area contributed by atoms with E-state index in [2.05, 4.69) is 51.7 Å². The van der Waals surface area contributed by atoms with Gasteiger partial charge in [-0.3, -0.25) is 0 Å². The maximum absolute atomic E-state index is 10.0. The molecule has 30 heavy (non-hydrogen) atoms. The molecule has 1 heterocycles. The minimum Gasteiger partial charge on any atom is -0.507 e. The van der Waals surface area contributed by atoms with E-state index >= 15 is 0 Å². The van der Waals surface area contributed by atoms with Gasteiger partial charge in [0.2, 0.25) is 0 Å². The van der Waals surface area contributed by atoms with Gasteiger partial charge in [0.25, 0.3) is 0 Å². The third-order valence-electron chi connectivity index (χ3n) is 4.91. The number of benzene rings is 2. The van der Waals surface area contributed by atoms with E-state index in [-0.39, 0.29) is 11.6 Å². The third-order valence-corrected chi connectivity index (χ3v) is 4.91. The van der Waals surface area contributed by atoms with Crippen molar-refractivity contribution < 1.29 is 9.84 Å². The first-order chi connectivity index (χ1) is 14.6. The highest BCUT2D eigenvalue weighted by Crippen LogP contribution is 2.30. The summed E-state index contributed by atoms with van der Waals surface area (Å²) >= 11 is 0. The number of phenols is 1. The Hall–Kier alpha value is -3.32. The molecule has 0 atom stereocenters. The van der Waals surface area contributed by atoms with Gasteiger partial charge in [-0.2, -0.15) is 0 Å². The number of aromatic hydroxyl groups is 1. The molecule has 0 radical (unpaired) electrons. The van der Waals surface area contributed by atoms with Crippen molar-refractivity contribution in [2.75, 3.05) is 44.4 Å². The fraction of sp³-hybridized carbons (Fsp3) is 0.304. The molecule has 4 N–H and O–H groups in total. The number of nitrogens with two attached hydrogens (primary N) is 1. The smallest absolute Gasteiger partial charge is 0.188 e. The summed E-state index contributed by atoms with van der Waals surface area (Å²) in [5, 5.41) is 21.2. The Morgan fingerprint density at radius 3 is 2.60 bits per heavy atom. The lowest BCUT2D eigenvalue weighted by Crippen LogP contribution is -2.22. The predicted molar refractivity (Wildman–Crippen MR) is 121 cm³/mol. The van der Waals surface area contributed by atoms with Gasteiger partial charge < -0.3 is 25.8 Å². The van der Waals surface area contributed by atoms with Gasteiger partial charge in [-0.25, -0.2) is 0 Å². The van der Waals surface area contributed by atoms with Crippen molar-refractivity contribution in [1.29, 1.82) is 0 Å². The number of anilines is 2. The summed E-state index contributed by atoms with van der Waals surface area (Å²) in [7, 11) is 4.08. The quantitative estimate of drug-likeness (QED) is 0.444. The number of nitrogen functional groups attached to an aromatic ring is 1. The van der Waals surface area contributed by atoms with Crippen molar-refractivity contribution in [3.05, 3.63) is 60.2 Å². The fourth-order valence-corrected chi connectivity index (χ4v) is 3.14. The summed E-state index contributed by atoms with van der Waals surface area (Å²) in [4.78, 5) is 2.25. The maximum atomic E-state index is 10.0. The zero-order valence-corrected chi connectivity index (χ0v) is 17.5. The molecule has 3 aromatic rings. The molecule has 0 spiro atoms. The number of aromatic nitrogens is 2. The molecule has 3 rings (SSSR count). The average molecular weight is 408 g/mol. The van der Waals surface area contributed by atoms with Crippen LogP contribution in [0, 0.1) is 0 Å². The fourth-order valence-electron chi connectivity index (χ4n) is 3.14.